The first-order chi connectivity index (χ1) is 10.9. The van der Waals surface area contributed by atoms with E-state index in [0.717, 1.165) is 18.4 Å². The topological polar surface area (TPSA) is 97.8 Å². The van der Waals surface area contributed by atoms with Crippen molar-refractivity contribution in [2.75, 3.05) is 11.4 Å². The lowest BCUT2D eigenvalue weighted by atomic mass is 10.1. The van der Waals surface area contributed by atoms with Crippen LogP contribution in [0.2, 0.25) is 0 Å². The van der Waals surface area contributed by atoms with Gasteiger partial charge in [-0.25, -0.2) is 13.2 Å². The van der Waals surface area contributed by atoms with E-state index in [0.29, 0.717) is 4.31 Å². The van der Waals surface area contributed by atoms with E-state index >= 15 is 0 Å². The van der Waals surface area contributed by atoms with E-state index in [9.17, 15) is 22.8 Å². The second-order valence-electron chi connectivity index (χ2n) is 4.53. The van der Waals surface area contributed by atoms with Gasteiger partial charge in [-0.1, -0.05) is 12.1 Å². The molecule has 7 nitrogen and oxygen atoms in total. The third-order valence-corrected chi connectivity index (χ3v) is 6.03. The monoisotopic (exact) mass is 351 g/mol. The molecule has 1 aliphatic heterocycles. The molecule has 2 aromatic rings. The molecular formula is C14H9NO6S2. The maximum absolute atomic E-state index is 12.8. The zero-order chi connectivity index (χ0) is 16.8. The van der Waals surface area contributed by atoms with E-state index < -0.39 is 27.7 Å². The number of hydrogen-bond donors (Lipinski definition) is 0. The largest absolute Gasteiger partial charge is 0.465 e. The fourth-order valence-corrected chi connectivity index (χ4v) is 4.96. The normalized spacial score (nSPS) is 14.0. The molecule has 1 aromatic carbocycles. The van der Waals surface area contributed by atoms with Crippen molar-refractivity contribution in [1.29, 1.82) is 0 Å². The molecule has 0 unspecified atom stereocenters. The van der Waals surface area contributed by atoms with Crippen molar-refractivity contribution in [3.8, 4) is 0 Å². The van der Waals surface area contributed by atoms with E-state index in [1.165, 1.54) is 35.7 Å². The number of rotatable bonds is 3. The summed E-state index contributed by atoms with van der Waals surface area (Å²) in [6.45, 7) is 0. The predicted octanol–water partition coefficient (Wildman–Crippen LogP) is 1.45. The molecule has 118 valence electrons. The molecule has 0 saturated carbocycles. The number of carbonyl (C=O) groups excluding carboxylic acids is 3. The van der Waals surface area contributed by atoms with Gasteiger partial charge in [-0.05, 0) is 23.6 Å². The average Bonchev–Trinajstić information content (AvgIpc) is 3.12. The molecule has 3 rings (SSSR count). The molecule has 0 bridgehead atoms. The molecule has 0 atom stereocenters. The third kappa shape index (κ3) is 2.16. The average molecular weight is 351 g/mol. The van der Waals surface area contributed by atoms with Crippen LogP contribution >= 0.6 is 11.3 Å². The first-order valence-corrected chi connectivity index (χ1v) is 8.60. The highest BCUT2D eigenvalue weighted by atomic mass is 32.2. The lowest BCUT2D eigenvalue weighted by molar-refractivity contribution is -0.113. The summed E-state index contributed by atoms with van der Waals surface area (Å²) in [5.41, 5.74) is -0.0135. The van der Waals surface area contributed by atoms with Gasteiger partial charge in [-0.15, -0.1) is 11.3 Å². The van der Waals surface area contributed by atoms with E-state index in [4.69, 9.17) is 0 Å². The third-order valence-electron chi connectivity index (χ3n) is 3.26. The molecule has 0 saturated heterocycles. The Balaban J connectivity index is 2.19. The van der Waals surface area contributed by atoms with Gasteiger partial charge in [0.15, 0.2) is 0 Å². The standard InChI is InChI=1S/C14H9NO6S2/c1-21-14(18)12-10(6-7-22-12)23(19,20)15-9-5-3-2-4-8(9)11(16)13(15)17/h2-7H,1H3. The summed E-state index contributed by atoms with van der Waals surface area (Å²) in [6.07, 6.45) is 0. The van der Waals surface area contributed by atoms with Gasteiger partial charge in [0.05, 0.1) is 18.4 Å². The zero-order valence-corrected chi connectivity index (χ0v) is 13.3. The highest BCUT2D eigenvalue weighted by Crippen LogP contribution is 2.35. The Morgan fingerprint density at radius 1 is 1.17 bits per heavy atom. The molecule has 0 fully saturated rings. The maximum atomic E-state index is 12.8. The Bertz CT molecular complexity index is 944. The van der Waals surface area contributed by atoms with Crippen molar-refractivity contribution >= 4 is 44.7 Å². The highest BCUT2D eigenvalue weighted by Gasteiger charge is 2.44. The number of carbonyl (C=O) groups is 3. The van der Waals surface area contributed by atoms with Gasteiger partial charge in [0, 0.05) is 0 Å². The Hall–Kier alpha value is -2.52. The SMILES string of the molecule is COC(=O)c1sccc1S(=O)(=O)N1C(=O)C(=O)c2ccccc21. The van der Waals surface area contributed by atoms with Gasteiger partial charge in [-0.2, -0.15) is 4.31 Å². The van der Waals surface area contributed by atoms with Crippen LogP contribution in [-0.4, -0.2) is 33.2 Å². The number of ketones is 1. The molecule has 1 aliphatic rings. The molecule has 1 amide bonds. The van der Waals surface area contributed by atoms with Crippen LogP contribution in [-0.2, 0) is 19.6 Å². The highest BCUT2D eigenvalue weighted by molar-refractivity contribution is 7.94. The molecule has 0 N–H and O–H groups in total. The van der Waals surface area contributed by atoms with Crippen molar-refractivity contribution in [1.82, 2.24) is 0 Å². The number of ether oxygens (including phenoxy) is 1. The van der Waals surface area contributed by atoms with Crippen molar-refractivity contribution in [2.45, 2.75) is 4.90 Å². The molecule has 0 aliphatic carbocycles. The number of benzene rings is 1. The number of amides is 1. The Morgan fingerprint density at radius 3 is 2.57 bits per heavy atom. The fourth-order valence-electron chi connectivity index (χ4n) is 2.24. The summed E-state index contributed by atoms with van der Waals surface area (Å²) < 4.78 is 30.6. The lowest BCUT2D eigenvalue weighted by Crippen LogP contribution is -2.36. The van der Waals surface area contributed by atoms with Crippen molar-refractivity contribution < 1.29 is 27.5 Å². The number of anilines is 1. The van der Waals surface area contributed by atoms with Gasteiger partial charge in [-0.3, -0.25) is 9.59 Å². The first-order valence-electron chi connectivity index (χ1n) is 6.28. The minimum Gasteiger partial charge on any atom is -0.465 e. The summed E-state index contributed by atoms with van der Waals surface area (Å²) in [5.74, 6) is -2.91. The van der Waals surface area contributed by atoms with Gasteiger partial charge in [0.2, 0.25) is 0 Å². The second kappa shape index (κ2) is 5.28. The van der Waals surface area contributed by atoms with Crippen molar-refractivity contribution in [2.24, 2.45) is 0 Å². The van der Waals surface area contributed by atoms with Crippen molar-refractivity contribution in [3.05, 3.63) is 46.2 Å². The summed E-state index contributed by atoms with van der Waals surface area (Å²) in [4.78, 5) is 35.3. The molecule has 23 heavy (non-hydrogen) atoms. The Labute approximate surface area is 135 Å². The molecule has 2 heterocycles. The number of nitrogens with zero attached hydrogens (tertiary/aromatic N) is 1. The van der Waals surface area contributed by atoms with Crippen LogP contribution in [0.1, 0.15) is 20.0 Å². The Kier molecular flexibility index (Phi) is 3.53. The van der Waals surface area contributed by atoms with Crippen LogP contribution in [0.3, 0.4) is 0 Å². The molecule has 1 aromatic heterocycles. The number of Topliss-reactive ketones (excluding diaryl/α,β-unsaturated/α-hetero) is 1. The molecule has 9 heteroatoms. The molecular weight excluding hydrogens is 342 g/mol. The van der Waals surface area contributed by atoms with Crippen LogP contribution < -0.4 is 4.31 Å². The number of methoxy groups -OCH3 is 1. The van der Waals surface area contributed by atoms with Crippen LogP contribution in [0.25, 0.3) is 0 Å². The van der Waals surface area contributed by atoms with Crippen LogP contribution in [0.5, 0.6) is 0 Å². The zero-order valence-electron chi connectivity index (χ0n) is 11.7. The van der Waals surface area contributed by atoms with Crippen LogP contribution in [0, 0.1) is 0 Å². The van der Waals surface area contributed by atoms with Gasteiger partial charge >= 0.3 is 11.9 Å². The van der Waals surface area contributed by atoms with E-state index in [1.54, 1.807) is 0 Å². The predicted molar refractivity (Wildman–Crippen MR) is 81.1 cm³/mol. The number of hydrogen-bond acceptors (Lipinski definition) is 7. The van der Waals surface area contributed by atoms with Crippen molar-refractivity contribution in [3.63, 3.8) is 0 Å². The number of thiophene rings is 1. The Morgan fingerprint density at radius 2 is 1.87 bits per heavy atom. The quantitative estimate of drug-likeness (QED) is 0.613. The summed E-state index contributed by atoms with van der Waals surface area (Å²) in [5, 5.41) is 1.40. The first kappa shape index (κ1) is 15.4. The van der Waals surface area contributed by atoms with Crippen LogP contribution in [0.4, 0.5) is 5.69 Å². The smallest absolute Gasteiger partial charge is 0.349 e. The van der Waals surface area contributed by atoms with Gasteiger partial charge in [0.1, 0.15) is 9.77 Å². The van der Waals surface area contributed by atoms with E-state index in [-0.39, 0.29) is 21.0 Å². The van der Waals surface area contributed by atoms with E-state index in [1.807, 2.05) is 0 Å². The summed E-state index contributed by atoms with van der Waals surface area (Å²) in [7, 11) is -3.28. The number of esters is 1. The minimum atomic E-state index is -4.40. The molecule has 0 radical (unpaired) electrons. The number of fused-ring (bicyclic) bond motifs is 1. The van der Waals surface area contributed by atoms with Gasteiger partial charge in [0.25, 0.3) is 15.8 Å². The summed E-state index contributed by atoms with van der Waals surface area (Å²) >= 11 is 0.875. The second-order valence-corrected chi connectivity index (χ2v) is 7.20. The van der Waals surface area contributed by atoms with E-state index in [2.05, 4.69) is 4.74 Å². The number of para-hydroxylation sites is 1. The van der Waals surface area contributed by atoms with Gasteiger partial charge < -0.3 is 4.74 Å². The fraction of sp³-hybridized carbons (Fsp3) is 0.0714. The minimum absolute atomic E-state index is 0.0101. The molecule has 0 spiro atoms. The van der Waals surface area contributed by atoms with Crippen LogP contribution in [0.15, 0.2) is 40.6 Å². The lowest BCUT2D eigenvalue weighted by Gasteiger charge is -2.16. The number of sulfonamides is 1. The summed E-state index contributed by atoms with van der Waals surface area (Å²) in [6, 6.07) is 6.98. The maximum Gasteiger partial charge on any atom is 0.349 e.